The van der Waals surface area contributed by atoms with Gasteiger partial charge in [0.25, 0.3) is 0 Å². The lowest BCUT2D eigenvalue weighted by Gasteiger charge is -2.36. The third-order valence-electron chi connectivity index (χ3n) is 6.11. The van der Waals surface area contributed by atoms with Gasteiger partial charge >= 0.3 is 5.97 Å². The molecular formula is C25H31N3O6S. The first kappa shape index (κ1) is 25.1. The molecule has 0 unspecified atom stereocenters. The van der Waals surface area contributed by atoms with Crippen LogP contribution in [0.3, 0.4) is 0 Å². The van der Waals surface area contributed by atoms with Gasteiger partial charge in [-0.3, -0.25) is 4.79 Å². The molecule has 3 aliphatic rings. The fourth-order valence-electron chi connectivity index (χ4n) is 4.44. The number of rotatable bonds is 9. The van der Waals surface area contributed by atoms with Crippen molar-refractivity contribution in [1.29, 1.82) is 0 Å². The van der Waals surface area contributed by atoms with Crippen molar-refractivity contribution in [2.45, 2.75) is 45.3 Å². The zero-order valence-corrected chi connectivity index (χ0v) is 21.3. The molecule has 1 amide bonds. The highest BCUT2D eigenvalue weighted by molar-refractivity contribution is 8.16. The fraction of sp³-hybridized carbons (Fsp3) is 0.480. The van der Waals surface area contributed by atoms with Crippen molar-refractivity contribution in [1.82, 2.24) is 10.2 Å². The van der Waals surface area contributed by atoms with E-state index in [-0.39, 0.29) is 25.0 Å². The molecule has 3 aliphatic heterocycles. The number of carbonyl (C=O) groups excluding carboxylic acids is 2. The number of aliphatic imine (C=N–C) groups is 1. The molecule has 0 aromatic heterocycles. The molecule has 1 fully saturated rings. The number of nitrogens with one attached hydrogen (secondary N) is 1. The van der Waals surface area contributed by atoms with E-state index in [1.807, 2.05) is 22.4 Å². The van der Waals surface area contributed by atoms with E-state index in [0.29, 0.717) is 34.5 Å². The Morgan fingerprint density at radius 3 is 2.74 bits per heavy atom. The topological polar surface area (TPSA) is 98.7 Å². The number of methoxy groups -OCH3 is 2. The zero-order valence-electron chi connectivity index (χ0n) is 20.5. The molecule has 0 radical (unpaired) electrons. The first-order chi connectivity index (χ1) is 17.0. The average molecular weight is 502 g/mol. The van der Waals surface area contributed by atoms with Crippen LogP contribution in [-0.4, -0.2) is 62.0 Å². The number of nitrogens with zero attached hydrogens (tertiary/aromatic N) is 2. The SMILES string of the molecule is CCOC(=O)C1=C(C)N=C2SC=C(CC(=O)NC[C@@H]3CCCO3)N2[C@H]1c1ccc(OC)c(OC)c1. The lowest BCUT2D eigenvalue weighted by Crippen LogP contribution is -2.38. The minimum Gasteiger partial charge on any atom is -0.493 e. The molecule has 0 spiro atoms. The van der Waals surface area contributed by atoms with Gasteiger partial charge in [-0.15, -0.1) is 0 Å². The fourth-order valence-corrected chi connectivity index (χ4v) is 5.40. The number of amidine groups is 1. The minimum atomic E-state index is -0.534. The van der Waals surface area contributed by atoms with Crippen molar-refractivity contribution in [3.63, 3.8) is 0 Å². The summed E-state index contributed by atoms with van der Waals surface area (Å²) in [6, 6.07) is 5.00. The zero-order chi connectivity index (χ0) is 24.9. The Kier molecular flexibility index (Phi) is 8.02. The van der Waals surface area contributed by atoms with Gasteiger partial charge in [-0.1, -0.05) is 17.8 Å². The normalized spacial score (nSPS) is 21.3. The monoisotopic (exact) mass is 501 g/mol. The van der Waals surface area contributed by atoms with E-state index in [2.05, 4.69) is 10.3 Å². The van der Waals surface area contributed by atoms with Crippen molar-refractivity contribution in [2.75, 3.05) is 34.0 Å². The average Bonchev–Trinajstić information content (AvgIpc) is 3.51. The number of hydrogen-bond acceptors (Lipinski definition) is 9. The largest absolute Gasteiger partial charge is 0.493 e. The summed E-state index contributed by atoms with van der Waals surface area (Å²) in [5.74, 6) is 0.580. The van der Waals surface area contributed by atoms with Crippen LogP contribution in [0, 0.1) is 0 Å². The van der Waals surface area contributed by atoms with E-state index in [1.165, 1.54) is 11.8 Å². The number of hydrogen-bond donors (Lipinski definition) is 1. The first-order valence-electron chi connectivity index (χ1n) is 11.7. The summed E-state index contributed by atoms with van der Waals surface area (Å²) < 4.78 is 21.9. The molecule has 188 valence electrons. The Morgan fingerprint density at radius 1 is 1.26 bits per heavy atom. The third-order valence-corrected chi connectivity index (χ3v) is 7.00. The smallest absolute Gasteiger partial charge is 0.338 e. The van der Waals surface area contributed by atoms with E-state index >= 15 is 0 Å². The summed E-state index contributed by atoms with van der Waals surface area (Å²) in [5.41, 5.74) is 2.56. The Hall–Kier alpha value is -2.98. The maximum Gasteiger partial charge on any atom is 0.338 e. The number of esters is 1. The van der Waals surface area contributed by atoms with E-state index in [9.17, 15) is 9.59 Å². The molecular weight excluding hydrogens is 470 g/mol. The van der Waals surface area contributed by atoms with Crippen LogP contribution in [0.1, 0.15) is 44.7 Å². The Morgan fingerprint density at radius 2 is 2.06 bits per heavy atom. The predicted molar refractivity (Wildman–Crippen MR) is 133 cm³/mol. The quantitative estimate of drug-likeness (QED) is 0.513. The van der Waals surface area contributed by atoms with Gasteiger partial charge < -0.3 is 29.2 Å². The van der Waals surface area contributed by atoms with Gasteiger partial charge in [-0.05, 0) is 49.8 Å². The lowest BCUT2D eigenvalue weighted by atomic mass is 9.93. The van der Waals surface area contributed by atoms with Crippen molar-refractivity contribution >= 4 is 28.8 Å². The number of fused-ring (bicyclic) bond motifs is 1. The van der Waals surface area contributed by atoms with Crippen LogP contribution in [0.25, 0.3) is 0 Å². The summed E-state index contributed by atoms with van der Waals surface area (Å²) in [5, 5.41) is 5.60. The Bertz CT molecular complexity index is 1080. The van der Waals surface area contributed by atoms with Crippen LogP contribution >= 0.6 is 11.8 Å². The second kappa shape index (κ2) is 11.2. The highest BCUT2D eigenvalue weighted by Gasteiger charge is 2.41. The lowest BCUT2D eigenvalue weighted by molar-refractivity contribution is -0.139. The number of ether oxygens (including phenoxy) is 4. The number of thioether (sulfide) groups is 1. The van der Waals surface area contributed by atoms with Crippen molar-refractivity contribution in [3.05, 3.63) is 46.1 Å². The van der Waals surface area contributed by atoms with E-state index < -0.39 is 12.0 Å². The van der Waals surface area contributed by atoms with Crippen LogP contribution in [0.2, 0.25) is 0 Å². The first-order valence-corrected chi connectivity index (χ1v) is 12.6. The molecule has 1 N–H and O–H groups in total. The maximum atomic E-state index is 13.1. The summed E-state index contributed by atoms with van der Waals surface area (Å²) in [7, 11) is 3.14. The molecule has 0 aliphatic carbocycles. The second-order valence-corrected chi connectivity index (χ2v) is 9.18. The Balaban J connectivity index is 1.65. The van der Waals surface area contributed by atoms with E-state index in [4.69, 9.17) is 18.9 Å². The van der Waals surface area contributed by atoms with Crippen LogP contribution in [-0.2, 0) is 19.1 Å². The highest BCUT2D eigenvalue weighted by Crippen LogP contribution is 2.46. The molecule has 4 rings (SSSR count). The molecule has 0 saturated carbocycles. The summed E-state index contributed by atoms with van der Waals surface area (Å²) in [6.45, 7) is 5.05. The molecule has 1 aromatic carbocycles. The number of allylic oxidation sites excluding steroid dienone is 1. The van der Waals surface area contributed by atoms with Crippen LogP contribution in [0.4, 0.5) is 0 Å². The van der Waals surface area contributed by atoms with Crippen molar-refractivity contribution < 1.29 is 28.5 Å². The van der Waals surface area contributed by atoms with Gasteiger partial charge in [0, 0.05) is 18.8 Å². The van der Waals surface area contributed by atoms with Crippen LogP contribution < -0.4 is 14.8 Å². The molecule has 0 bridgehead atoms. The van der Waals surface area contributed by atoms with Gasteiger partial charge in [0.05, 0.1) is 50.7 Å². The van der Waals surface area contributed by atoms with E-state index in [0.717, 1.165) is 30.7 Å². The van der Waals surface area contributed by atoms with Crippen LogP contribution in [0.5, 0.6) is 11.5 Å². The van der Waals surface area contributed by atoms with Crippen LogP contribution in [0.15, 0.2) is 45.6 Å². The number of carbonyl (C=O) groups is 2. The Labute approximate surface area is 209 Å². The molecule has 9 nitrogen and oxygen atoms in total. The predicted octanol–water partition coefficient (Wildman–Crippen LogP) is 3.53. The van der Waals surface area contributed by atoms with Gasteiger partial charge in [-0.25, -0.2) is 9.79 Å². The van der Waals surface area contributed by atoms with Gasteiger partial charge in [0.15, 0.2) is 16.7 Å². The van der Waals surface area contributed by atoms with Crippen molar-refractivity contribution in [3.8, 4) is 11.5 Å². The van der Waals surface area contributed by atoms with Gasteiger partial charge in [0.2, 0.25) is 5.91 Å². The van der Waals surface area contributed by atoms with Crippen molar-refractivity contribution in [2.24, 2.45) is 4.99 Å². The minimum absolute atomic E-state index is 0.0681. The summed E-state index contributed by atoms with van der Waals surface area (Å²) in [6.07, 6.45) is 2.19. The third kappa shape index (κ3) is 5.33. The van der Waals surface area contributed by atoms with Gasteiger partial charge in [0.1, 0.15) is 0 Å². The molecule has 1 aromatic rings. The highest BCUT2D eigenvalue weighted by atomic mass is 32.2. The summed E-state index contributed by atoms with van der Waals surface area (Å²) in [4.78, 5) is 32.5. The molecule has 3 heterocycles. The molecule has 35 heavy (non-hydrogen) atoms. The number of benzene rings is 1. The summed E-state index contributed by atoms with van der Waals surface area (Å²) >= 11 is 1.43. The number of amides is 1. The molecule has 10 heteroatoms. The second-order valence-electron chi connectivity index (χ2n) is 8.34. The van der Waals surface area contributed by atoms with Gasteiger partial charge in [-0.2, -0.15) is 0 Å². The van der Waals surface area contributed by atoms with E-state index in [1.54, 1.807) is 34.1 Å². The maximum absolute atomic E-state index is 13.1. The molecule has 2 atom stereocenters. The standard InChI is InChI=1S/C25H31N3O6S/c1-5-33-24(30)22-15(2)27-25-28(23(22)16-8-9-19(31-3)20(11-16)32-4)17(14-35-25)12-21(29)26-13-18-7-6-10-34-18/h8-9,11,14,18,23H,5-7,10,12-13H2,1-4H3,(H,26,29)/t18-,23-/m0/s1. The molecule has 1 saturated heterocycles.